The summed E-state index contributed by atoms with van der Waals surface area (Å²) in [6.07, 6.45) is 4.06. The summed E-state index contributed by atoms with van der Waals surface area (Å²) in [5.74, 6) is -1.20. The van der Waals surface area contributed by atoms with E-state index in [9.17, 15) is 4.79 Å². The number of carboxylic acid groups (broad SMARTS) is 1. The fraction of sp³-hybridized carbons (Fsp3) is 0. The molecule has 5 heteroatoms. The number of hydrogen-bond donors (Lipinski definition) is 2. The average Bonchev–Trinajstić information content (AvgIpc) is 2.18. The largest absolute Gasteiger partial charge is 0.477 e. The lowest BCUT2D eigenvalue weighted by atomic mass is 10.2. The van der Waals surface area contributed by atoms with Crippen LogP contribution in [0.4, 0.5) is 0 Å². The SMILES string of the molecule is N#Cc1cncc(/C=C(/N)C(=O)O)c1. The van der Waals surface area contributed by atoms with Crippen LogP contribution in [0, 0.1) is 11.3 Å². The summed E-state index contributed by atoms with van der Waals surface area (Å²) in [7, 11) is 0. The molecule has 0 aliphatic carbocycles. The Morgan fingerprint density at radius 3 is 2.93 bits per heavy atom. The van der Waals surface area contributed by atoms with Crippen LogP contribution in [0.3, 0.4) is 0 Å². The second-order valence-corrected chi connectivity index (χ2v) is 2.52. The first-order valence-corrected chi connectivity index (χ1v) is 3.69. The topological polar surface area (TPSA) is 100 Å². The van der Waals surface area contributed by atoms with Crippen molar-refractivity contribution in [3.8, 4) is 6.07 Å². The number of pyridine rings is 1. The summed E-state index contributed by atoms with van der Waals surface area (Å²) < 4.78 is 0. The van der Waals surface area contributed by atoms with Gasteiger partial charge in [-0.25, -0.2) is 4.79 Å². The standard InChI is InChI=1S/C9H7N3O2/c10-3-7-1-6(4-12-5-7)2-8(11)9(13)14/h1-2,4-5H,11H2,(H,13,14)/b8-2+. The molecule has 0 saturated carbocycles. The maximum absolute atomic E-state index is 10.4. The van der Waals surface area contributed by atoms with Gasteiger partial charge in [0.1, 0.15) is 11.8 Å². The fourth-order valence-corrected chi connectivity index (χ4v) is 0.839. The predicted molar refractivity (Wildman–Crippen MR) is 48.8 cm³/mol. The third-order valence-corrected chi connectivity index (χ3v) is 1.46. The third-order valence-electron chi connectivity index (χ3n) is 1.46. The highest BCUT2D eigenvalue weighted by Gasteiger charge is 2.01. The number of rotatable bonds is 2. The number of carboxylic acids is 1. The van der Waals surface area contributed by atoms with Gasteiger partial charge >= 0.3 is 5.97 Å². The molecule has 0 bridgehead atoms. The molecular weight excluding hydrogens is 182 g/mol. The lowest BCUT2D eigenvalue weighted by Gasteiger charge is -1.95. The number of aliphatic carboxylic acids is 1. The molecule has 3 N–H and O–H groups in total. The molecule has 1 heterocycles. The van der Waals surface area contributed by atoms with Crippen LogP contribution < -0.4 is 5.73 Å². The summed E-state index contributed by atoms with van der Waals surface area (Å²) in [5, 5.41) is 17.0. The number of carbonyl (C=O) groups is 1. The van der Waals surface area contributed by atoms with Crippen molar-refractivity contribution in [2.24, 2.45) is 5.73 Å². The van der Waals surface area contributed by atoms with E-state index in [0.717, 1.165) is 0 Å². The van der Waals surface area contributed by atoms with Gasteiger partial charge in [-0.15, -0.1) is 0 Å². The van der Waals surface area contributed by atoms with Crippen molar-refractivity contribution in [1.82, 2.24) is 4.98 Å². The first-order valence-electron chi connectivity index (χ1n) is 3.69. The minimum Gasteiger partial charge on any atom is -0.477 e. The monoisotopic (exact) mass is 189 g/mol. The molecule has 0 atom stereocenters. The number of nitriles is 1. The molecule has 0 fully saturated rings. The smallest absolute Gasteiger partial charge is 0.351 e. The van der Waals surface area contributed by atoms with Gasteiger partial charge in [-0.2, -0.15) is 5.26 Å². The van der Waals surface area contributed by atoms with Gasteiger partial charge in [0.15, 0.2) is 0 Å². The van der Waals surface area contributed by atoms with Gasteiger partial charge in [0.25, 0.3) is 0 Å². The predicted octanol–water partition coefficient (Wildman–Crippen LogP) is 0.337. The Kier molecular flexibility index (Phi) is 2.82. The second-order valence-electron chi connectivity index (χ2n) is 2.52. The van der Waals surface area contributed by atoms with E-state index in [1.807, 2.05) is 6.07 Å². The van der Waals surface area contributed by atoms with Crippen LogP contribution in [-0.4, -0.2) is 16.1 Å². The fourth-order valence-electron chi connectivity index (χ4n) is 0.839. The van der Waals surface area contributed by atoms with Crippen LogP contribution in [0.5, 0.6) is 0 Å². The molecule has 0 aliphatic rings. The molecule has 0 unspecified atom stereocenters. The molecule has 5 nitrogen and oxygen atoms in total. The first kappa shape index (κ1) is 9.74. The minimum atomic E-state index is -1.20. The van der Waals surface area contributed by atoms with Crippen molar-refractivity contribution in [2.75, 3.05) is 0 Å². The zero-order valence-corrected chi connectivity index (χ0v) is 7.14. The van der Waals surface area contributed by atoms with Gasteiger partial charge < -0.3 is 10.8 Å². The van der Waals surface area contributed by atoms with Crippen LogP contribution in [0.2, 0.25) is 0 Å². The summed E-state index contributed by atoms with van der Waals surface area (Å²) in [6.45, 7) is 0. The highest BCUT2D eigenvalue weighted by atomic mass is 16.4. The van der Waals surface area contributed by atoms with Gasteiger partial charge in [-0.05, 0) is 17.7 Å². The maximum atomic E-state index is 10.4. The summed E-state index contributed by atoms with van der Waals surface area (Å²) in [4.78, 5) is 14.1. The van der Waals surface area contributed by atoms with Crippen molar-refractivity contribution in [2.45, 2.75) is 0 Å². The van der Waals surface area contributed by atoms with E-state index in [1.165, 1.54) is 24.5 Å². The lowest BCUT2D eigenvalue weighted by Crippen LogP contribution is -2.09. The molecule has 70 valence electrons. The van der Waals surface area contributed by atoms with Gasteiger partial charge in [0.05, 0.1) is 5.56 Å². The van der Waals surface area contributed by atoms with Crippen LogP contribution in [0.15, 0.2) is 24.2 Å². The van der Waals surface area contributed by atoms with Gasteiger partial charge in [-0.1, -0.05) is 0 Å². The van der Waals surface area contributed by atoms with E-state index in [1.54, 1.807) is 0 Å². The Morgan fingerprint density at radius 2 is 2.36 bits per heavy atom. The van der Waals surface area contributed by atoms with E-state index < -0.39 is 5.97 Å². The molecule has 1 rings (SSSR count). The Bertz CT molecular complexity index is 432. The van der Waals surface area contributed by atoms with Gasteiger partial charge in [0, 0.05) is 12.4 Å². The van der Waals surface area contributed by atoms with E-state index in [0.29, 0.717) is 11.1 Å². The Balaban J connectivity index is 3.04. The molecule has 1 aromatic heterocycles. The summed E-state index contributed by atoms with van der Waals surface area (Å²) in [5.41, 5.74) is 5.75. The van der Waals surface area contributed by atoms with Crippen LogP contribution in [0.25, 0.3) is 6.08 Å². The number of aromatic nitrogens is 1. The Morgan fingerprint density at radius 1 is 1.64 bits per heavy atom. The molecule has 14 heavy (non-hydrogen) atoms. The molecule has 0 aliphatic heterocycles. The Labute approximate surface area is 80.1 Å². The maximum Gasteiger partial charge on any atom is 0.351 e. The molecular formula is C9H7N3O2. The van der Waals surface area contributed by atoms with Crippen molar-refractivity contribution in [1.29, 1.82) is 5.26 Å². The molecule has 0 aromatic carbocycles. The van der Waals surface area contributed by atoms with E-state index in [4.69, 9.17) is 16.1 Å². The molecule has 0 radical (unpaired) electrons. The number of hydrogen-bond acceptors (Lipinski definition) is 4. The summed E-state index contributed by atoms with van der Waals surface area (Å²) >= 11 is 0. The number of nitrogens with zero attached hydrogens (tertiary/aromatic N) is 2. The zero-order chi connectivity index (χ0) is 10.6. The second kappa shape index (κ2) is 4.05. The highest BCUT2D eigenvalue weighted by Crippen LogP contribution is 2.05. The quantitative estimate of drug-likeness (QED) is 0.653. The van der Waals surface area contributed by atoms with Crippen LogP contribution >= 0.6 is 0 Å². The minimum absolute atomic E-state index is 0.290. The van der Waals surface area contributed by atoms with Crippen molar-refractivity contribution in [3.63, 3.8) is 0 Å². The Hall–Kier alpha value is -2.35. The lowest BCUT2D eigenvalue weighted by molar-refractivity contribution is -0.132. The average molecular weight is 189 g/mol. The van der Waals surface area contributed by atoms with Crippen molar-refractivity contribution < 1.29 is 9.90 Å². The molecule has 1 aromatic rings. The molecule has 0 saturated heterocycles. The highest BCUT2D eigenvalue weighted by molar-refractivity contribution is 5.90. The zero-order valence-electron chi connectivity index (χ0n) is 7.14. The molecule has 0 amide bonds. The van der Waals surface area contributed by atoms with Crippen LogP contribution in [-0.2, 0) is 4.79 Å². The van der Waals surface area contributed by atoms with Crippen molar-refractivity contribution >= 4 is 12.0 Å². The van der Waals surface area contributed by atoms with E-state index in [2.05, 4.69) is 4.98 Å². The van der Waals surface area contributed by atoms with Crippen molar-refractivity contribution in [3.05, 3.63) is 35.3 Å². The normalized spacial score (nSPS) is 10.6. The number of nitrogens with two attached hydrogens (primary N) is 1. The van der Waals surface area contributed by atoms with E-state index >= 15 is 0 Å². The van der Waals surface area contributed by atoms with Gasteiger partial charge in [0.2, 0.25) is 0 Å². The van der Waals surface area contributed by atoms with Crippen LogP contribution in [0.1, 0.15) is 11.1 Å². The van der Waals surface area contributed by atoms with Gasteiger partial charge in [-0.3, -0.25) is 4.98 Å². The first-order chi connectivity index (χ1) is 6.63. The molecule has 0 spiro atoms. The third kappa shape index (κ3) is 2.32. The summed E-state index contributed by atoms with van der Waals surface area (Å²) in [6, 6.07) is 3.39. The van der Waals surface area contributed by atoms with E-state index in [-0.39, 0.29) is 5.70 Å².